The van der Waals surface area contributed by atoms with Crippen molar-refractivity contribution in [1.29, 1.82) is 0 Å². The Labute approximate surface area is 79.3 Å². The summed E-state index contributed by atoms with van der Waals surface area (Å²) in [5, 5.41) is 0. The van der Waals surface area contributed by atoms with Gasteiger partial charge in [0.25, 0.3) is 0 Å². The average molecular weight is 168 g/mol. The van der Waals surface area contributed by atoms with E-state index >= 15 is 0 Å². The van der Waals surface area contributed by atoms with Gasteiger partial charge in [0, 0.05) is 0 Å². The molecular weight excluding hydrogens is 156 g/mol. The summed E-state index contributed by atoms with van der Waals surface area (Å²) < 4.78 is 0. The SMILES string of the molecule is C=C/C=C\C=C(/C)C1=CC=C=C=C1. The van der Waals surface area contributed by atoms with Gasteiger partial charge < -0.3 is 0 Å². The largest absolute Gasteiger partial charge is 0.0991 e. The van der Waals surface area contributed by atoms with Crippen molar-refractivity contribution in [2.24, 2.45) is 0 Å². The molecule has 13 heavy (non-hydrogen) atoms. The van der Waals surface area contributed by atoms with Gasteiger partial charge in [-0.15, -0.1) is 0 Å². The highest BCUT2D eigenvalue weighted by molar-refractivity contribution is 5.43. The predicted octanol–water partition coefficient (Wildman–Crippen LogP) is 3.48. The topological polar surface area (TPSA) is 0 Å². The molecule has 0 radical (unpaired) electrons. The molecule has 64 valence electrons. The van der Waals surface area contributed by atoms with Gasteiger partial charge in [-0.05, 0) is 36.3 Å². The summed E-state index contributed by atoms with van der Waals surface area (Å²) in [4.78, 5) is 0. The Morgan fingerprint density at radius 1 is 1.38 bits per heavy atom. The Balaban J connectivity index is 2.74. The molecule has 0 aromatic heterocycles. The maximum Gasteiger partial charge on any atom is -0.00398 e. The summed E-state index contributed by atoms with van der Waals surface area (Å²) in [5.74, 6) is 0. The fourth-order valence-corrected chi connectivity index (χ4v) is 0.967. The van der Waals surface area contributed by atoms with E-state index in [2.05, 4.69) is 25.0 Å². The summed E-state index contributed by atoms with van der Waals surface area (Å²) in [6.45, 7) is 5.67. The number of hydrogen-bond acceptors (Lipinski definition) is 0. The van der Waals surface area contributed by atoms with Crippen LogP contribution in [-0.4, -0.2) is 0 Å². The number of hydrogen-bond donors (Lipinski definition) is 0. The second kappa shape index (κ2) is 5.00. The van der Waals surface area contributed by atoms with Crippen molar-refractivity contribution >= 4 is 0 Å². The molecule has 0 atom stereocenters. The van der Waals surface area contributed by atoms with E-state index in [9.17, 15) is 0 Å². The third-order valence-corrected chi connectivity index (χ3v) is 1.71. The normalized spacial score (nSPS) is 15.2. The van der Waals surface area contributed by atoms with Crippen LogP contribution in [0.5, 0.6) is 0 Å². The smallest absolute Gasteiger partial charge is 0.00398 e. The van der Waals surface area contributed by atoms with Gasteiger partial charge in [-0.1, -0.05) is 42.3 Å². The quantitative estimate of drug-likeness (QED) is 0.447. The van der Waals surface area contributed by atoms with Gasteiger partial charge in [0.05, 0.1) is 0 Å². The molecule has 0 amide bonds. The van der Waals surface area contributed by atoms with Crippen molar-refractivity contribution in [3.63, 3.8) is 0 Å². The molecule has 1 aliphatic rings. The highest BCUT2D eigenvalue weighted by Crippen LogP contribution is 2.12. The minimum absolute atomic E-state index is 1.17. The Kier molecular flexibility index (Phi) is 3.60. The van der Waals surface area contributed by atoms with Gasteiger partial charge >= 0.3 is 0 Å². The lowest BCUT2D eigenvalue weighted by atomic mass is 10.1. The van der Waals surface area contributed by atoms with E-state index in [1.165, 1.54) is 11.1 Å². The van der Waals surface area contributed by atoms with Crippen LogP contribution in [0.4, 0.5) is 0 Å². The van der Waals surface area contributed by atoms with Crippen LogP contribution in [0.1, 0.15) is 6.92 Å². The van der Waals surface area contributed by atoms with Crippen LogP contribution in [0, 0.1) is 0 Å². The molecule has 0 bridgehead atoms. The van der Waals surface area contributed by atoms with Crippen molar-refractivity contribution < 1.29 is 0 Å². The van der Waals surface area contributed by atoms with Crippen LogP contribution in [0.3, 0.4) is 0 Å². The highest BCUT2D eigenvalue weighted by atomic mass is 14.0. The fraction of sp³-hybridized carbons (Fsp3) is 0.0769. The van der Waals surface area contributed by atoms with E-state index in [4.69, 9.17) is 0 Å². The van der Waals surface area contributed by atoms with E-state index < -0.39 is 0 Å². The first-order chi connectivity index (χ1) is 6.34. The summed E-state index contributed by atoms with van der Waals surface area (Å²) in [7, 11) is 0. The van der Waals surface area contributed by atoms with Crippen LogP contribution in [0.2, 0.25) is 0 Å². The first-order valence-electron chi connectivity index (χ1n) is 4.18. The Morgan fingerprint density at radius 2 is 2.23 bits per heavy atom. The Hall–Kier alpha value is -1.74. The van der Waals surface area contributed by atoms with Crippen LogP contribution in [0.25, 0.3) is 0 Å². The van der Waals surface area contributed by atoms with Crippen LogP contribution < -0.4 is 0 Å². The lowest BCUT2D eigenvalue weighted by Gasteiger charge is -1.99. The highest BCUT2D eigenvalue weighted by Gasteiger charge is 1.93. The summed E-state index contributed by atoms with van der Waals surface area (Å²) in [6.07, 6.45) is 13.5. The van der Waals surface area contributed by atoms with E-state index in [1.54, 1.807) is 6.08 Å². The lowest BCUT2D eigenvalue weighted by Crippen LogP contribution is -1.80. The van der Waals surface area contributed by atoms with Crippen molar-refractivity contribution in [1.82, 2.24) is 0 Å². The minimum atomic E-state index is 1.17. The van der Waals surface area contributed by atoms with E-state index in [1.807, 2.05) is 36.5 Å². The predicted molar refractivity (Wildman–Crippen MR) is 57.3 cm³/mol. The Bertz CT molecular complexity index is 374. The molecular formula is C13H12. The van der Waals surface area contributed by atoms with E-state index in [0.29, 0.717) is 0 Å². The molecule has 0 aromatic rings. The molecule has 1 rings (SSSR count). The molecule has 0 heteroatoms. The van der Waals surface area contributed by atoms with Gasteiger partial charge in [-0.25, -0.2) is 0 Å². The zero-order chi connectivity index (χ0) is 9.52. The summed E-state index contributed by atoms with van der Waals surface area (Å²) in [6, 6.07) is 0. The molecule has 0 unspecified atom stereocenters. The van der Waals surface area contributed by atoms with Gasteiger partial charge in [-0.2, -0.15) is 0 Å². The molecule has 0 nitrogen and oxygen atoms in total. The molecule has 0 aliphatic heterocycles. The molecule has 0 fully saturated rings. The van der Waals surface area contributed by atoms with Gasteiger partial charge in [0.2, 0.25) is 0 Å². The van der Waals surface area contributed by atoms with E-state index in [-0.39, 0.29) is 0 Å². The second-order valence-electron chi connectivity index (χ2n) is 2.69. The van der Waals surface area contributed by atoms with Gasteiger partial charge in [-0.3, -0.25) is 0 Å². The maximum atomic E-state index is 3.60. The zero-order valence-corrected chi connectivity index (χ0v) is 7.75. The van der Waals surface area contributed by atoms with Crippen LogP contribution >= 0.6 is 0 Å². The minimum Gasteiger partial charge on any atom is -0.0991 e. The molecule has 1 aliphatic carbocycles. The maximum absolute atomic E-state index is 3.60. The molecule has 0 saturated carbocycles. The number of allylic oxidation sites excluding steroid dienone is 9. The average Bonchev–Trinajstić information content (AvgIpc) is 2.19. The lowest BCUT2D eigenvalue weighted by molar-refractivity contribution is 1.42. The number of rotatable bonds is 3. The third-order valence-electron chi connectivity index (χ3n) is 1.71. The molecule has 0 saturated heterocycles. The first-order valence-corrected chi connectivity index (χ1v) is 4.18. The van der Waals surface area contributed by atoms with Gasteiger partial charge in [0.1, 0.15) is 0 Å². The molecule has 0 aromatic carbocycles. The molecule has 0 N–H and O–H groups in total. The zero-order valence-electron chi connectivity index (χ0n) is 7.75. The molecule has 0 heterocycles. The van der Waals surface area contributed by atoms with E-state index in [0.717, 1.165) is 0 Å². The van der Waals surface area contributed by atoms with Crippen molar-refractivity contribution in [2.45, 2.75) is 6.92 Å². The van der Waals surface area contributed by atoms with Gasteiger partial charge in [0.15, 0.2) is 0 Å². The van der Waals surface area contributed by atoms with Crippen molar-refractivity contribution in [3.8, 4) is 0 Å². The second-order valence-corrected chi connectivity index (χ2v) is 2.69. The summed E-state index contributed by atoms with van der Waals surface area (Å²) >= 11 is 0. The fourth-order valence-electron chi connectivity index (χ4n) is 0.967. The van der Waals surface area contributed by atoms with Crippen LogP contribution in [0.15, 0.2) is 71.7 Å². The summed E-state index contributed by atoms with van der Waals surface area (Å²) in [5.41, 5.74) is 8.18. The Morgan fingerprint density at radius 3 is 2.85 bits per heavy atom. The van der Waals surface area contributed by atoms with Crippen molar-refractivity contribution in [2.75, 3.05) is 0 Å². The van der Waals surface area contributed by atoms with Crippen LogP contribution in [-0.2, 0) is 0 Å². The first kappa shape index (κ1) is 9.35. The standard InChI is InChI=1S/C13H12/c1-3-4-6-9-12(2)13-10-7-5-8-11-13/h3-4,6-7,9-11H,1H2,2H3/b6-4-,12-9+. The molecule has 0 spiro atoms. The van der Waals surface area contributed by atoms with Crippen molar-refractivity contribution in [3.05, 3.63) is 71.7 Å². The third kappa shape index (κ3) is 3.01. The monoisotopic (exact) mass is 168 g/mol.